The molecule has 1 aliphatic heterocycles. The monoisotopic (exact) mass is 326 g/mol. The van der Waals surface area contributed by atoms with E-state index in [2.05, 4.69) is 21.5 Å². The van der Waals surface area contributed by atoms with Gasteiger partial charge in [-0.3, -0.25) is 9.78 Å². The molecular weight excluding hydrogens is 304 g/mol. The fourth-order valence-corrected chi connectivity index (χ4v) is 3.18. The number of rotatable bonds is 5. The summed E-state index contributed by atoms with van der Waals surface area (Å²) in [6.07, 6.45) is 7.71. The Labute approximate surface area is 141 Å². The zero-order valence-corrected chi connectivity index (χ0v) is 13.6. The predicted molar refractivity (Wildman–Crippen MR) is 88.5 cm³/mol. The van der Waals surface area contributed by atoms with Gasteiger partial charge in [-0.15, -0.1) is 0 Å². The van der Waals surface area contributed by atoms with Gasteiger partial charge in [0.15, 0.2) is 0 Å². The highest BCUT2D eigenvalue weighted by molar-refractivity contribution is 5.94. The second-order valence-electron chi connectivity index (χ2n) is 6.68. The van der Waals surface area contributed by atoms with Gasteiger partial charge in [-0.1, -0.05) is 5.16 Å². The maximum atomic E-state index is 12.4. The van der Waals surface area contributed by atoms with E-state index in [1.807, 2.05) is 4.90 Å². The lowest BCUT2D eigenvalue weighted by Gasteiger charge is -2.32. The molecule has 6 nitrogen and oxygen atoms in total. The maximum absolute atomic E-state index is 12.4. The van der Waals surface area contributed by atoms with Crippen molar-refractivity contribution < 1.29 is 9.32 Å². The molecule has 2 aromatic heterocycles. The number of amides is 1. The molecule has 0 bridgehead atoms. The number of carbonyl (C=O) groups excluding carboxylic acids is 1. The molecular formula is C18H22N4O2. The molecule has 1 saturated heterocycles. The van der Waals surface area contributed by atoms with Crippen molar-refractivity contribution in [1.82, 2.24) is 20.4 Å². The van der Waals surface area contributed by atoms with Gasteiger partial charge in [0.2, 0.25) is 0 Å². The molecule has 2 aliphatic rings. The first-order valence-electron chi connectivity index (χ1n) is 8.68. The highest BCUT2D eigenvalue weighted by Crippen LogP contribution is 2.40. The van der Waals surface area contributed by atoms with Gasteiger partial charge in [-0.05, 0) is 37.8 Å². The van der Waals surface area contributed by atoms with Crippen molar-refractivity contribution in [3.8, 4) is 0 Å². The van der Waals surface area contributed by atoms with Crippen molar-refractivity contribution in [3.63, 3.8) is 0 Å². The molecule has 3 heterocycles. The molecule has 126 valence electrons. The minimum Gasteiger partial charge on any atom is -0.361 e. The summed E-state index contributed by atoms with van der Waals surface area (Å²) < 4.78 is 5.38. The third kappa shape index (κ3) is 3.48. The average molecular weight is 326 g/mol. The fourth-order valence-electron chi connectivity index (χ4n) is 3.18. The Morgan fingerprint density at radius 3 is 2.67 bits per heavy atom. The topological polar surface area (TPSA) is 71.3 Å². The van der Waals surface area contributed by atoms with Crippen LogP contribution in [0.4, 0.5) is 0 Å². The highest BCUT2D eigenvalue weighted by atomic mass is 16.5. The molecule has 1 aliphatic carbocycles. The summed E-state index contributed by atoms with van der Waals surface area (Å²) >= 11 is 0. The SMILES string of the molecule is O=C(c1ccncc1)N1CCC(NCc2cc(C3CC3)on2)CC1. The molecule has 1 amide bonds. The van der Waals surface area contributed by atoms with Crippen LogP contribution in [0.15, 0.2) is 35.1 Å². The molecule has 0 spiro atoms. The van der Waals surface area contributed by atoms with Crippen molar-refractivity contribution in [2.24, 2.45) is 0 Å². The Balaban J connectivity index is 1.24. The van der Waals surface area contributed by atoms with E-state index < -0.39 is 0 Å². The standard InChI is InChI=1S/C18H22N4O2/c23-18(14-3-7-19-8-4-14)22-9-5-15(6-10-22)20-12-16-11-17(24-21-16)13-1-2-13/h3-4,7-8,11,13,15,20H,1-2,5-6,9-10,12H2. The van der Waals surface area contributed by atoms with Crippen LogP contribution in [-0.4, -0.2) is 40.1 Å². The largest absolute Gasteiger partial charge is 0.361 e. The van der Waals surface area contributed by atoms with Crippen LogP contribution in [0.3, 0.4) is 0 Å². The Kier molecular flexibility index (Phi) is 4.30. The van der Waals surface area contributed by atoms with Crippen molar-refractivity contribution >= 4 is 5.91 Å². The van der Waals surface area contributed by atoms with E-state index in [1.54, 1.807) is 24.5 Å². The Morgan fingerprint density at radius 1 is 1.21 bits per heavy atom. The molecule has 0 unspecified atom stereocenters. The van der Waals surface area contributed by atoms with Gasteiger partial charge in [0.05, 0.1) is 5.69 Å². The van der Waals surface area contributed by atoms with Crippen LogP contribution in [0.5, 0.6) is 0 Å². The smallest absolute Gasteiger partial charge is 0.253 e. The maximum Gasteiger partial charge on any atom is 0.253 e. The zero-order valence-electron chi connectivity index (χ0n) is 13.6. The summed E-state index contributed by atoms with van der Waals surface area (Å²) in [5.74, 6) is 1.74. The van der Waals surface area contributed by atoms with E-state index in [9.17, 15) is 4.79 Å². The quantitative estimate of drug-likeness (QED) is 0.913. The Bertz CT molecular complexity index is 688. The van der Waals surface area contributed by atoms with E-state index >= 15 is 0 Å². The van der Waals surface area contributed by atoms with E-state index in [4.69, 9.17) is 4.52 Å². The molecule has 24 heavy (non-hydrogen) atoms. The summed E-state index contributed by atoms with van der Waals surface area (Å²) in [5, 5.41) is 7.68. The highest BCUT2D eigenvalue weighted by Gasteiger charge is 2.28. The first-order chi connectivity index (χ1) is 11.8. The van der Waals surface area contributed by atoms with Gasteiger partial charge in [0.25, 0.3) is 5.91 Å². The van der Waals surface area contributed by atoms with Gasteiger partial charge in [-0.2, -0.15) is 0 Å². The van der Waals surface area contributed by atoms with Crippen molar-refractivity contribution in [1.29, 1.82) is 0 Å². The normalized spacial score (nSPS) is 18.8. The summed E-state index contributed by atoms with van der Waals surface area (Å²) in [4.78, 5) is 18.3. The number of likely N-dealkylation sites (tertiary alicyclic amines) is 1. The molecule has 0 aromatic carbocycles. The first-order valence-corrected chi connectivity index (χ1v) is 8.68. The lowest BCUT2D eigenvalue weighted by molar-refractivity contribution is 0.0704. The minimum absolute atomic E-state index is 0.0985. The van der Waals surface area contributed by atoms with E-state index in [1.165, 1.54) is 12.8 Å². The van der Waals surface area contributed by atoms with Crippen molar-refractivity contribution in [2.75, 3.05) is 13.1 Å². The van der Waals surface area contributed by atoms with E-state index in [0.717, 1.165) is 43.9 Å². The summed E-state index contributed by atoms with van der Waals surface area (Å²) in [5.41, 5.74) is 1.69. The average Bonchev–Trinajstić information content (AvgIpc) is 3.39. The third-order valence-electron chi connectivity index (χ3n) is 4.84. The molecule has 0 radical (unpaired) electrons. The Hall–Kier alpha value is -2.21. The fraction of sp³-hybridized carbons (Fsp3) is 0.500. The van der Waals surface area contributed by atoms with Gasteiger partial charge in [-0.25, -0.2) is 0 Å². The molecule has 1 N–H and O–H groups in total. The summed E-state index contributed by atoms with van der Waals surface area (Å²) in [6, 6.07) is 6.04. The number of nitrogens with one attached hydrogen (secondary N) is 1. The van der Waals surface area contributed by atoms with E-state index in [-0.39, 0.29) is 5.91 Å². The van der Waals surface area contributed by atoms with Gasteiger partial charge >= 0.3 is 0 Å². The molecule has 2 aromatic rings. The van der Waals surface area contributed by atoms with Gasteiger partial charge < -0.3 is 14.7 Å². The number of pyridine rings is 1. The van der Waals surface area contributed by atoms with Gasteiger partial charge in [0.1, 0.15) is 5.76 Å². The zero-order chi connectivity index (χ0) is 16.4. The third-order valence-corrected chi connectivity index (χ3v) is 4.84. The number of piperidine rings is 1. The van der Waals surface area contributed by atoms with Crippen LogP contribution in [0.25, 0.3) is 0 Å². The lowest BCUT2D eigenvalue weighted by atomic mass is 10.0. The molecule has 1 saturated carbocycles. The van der Waals surface area contributed by atoms with Gasteiger partial charge in [0, 0.05) is 55.6 Å². The second-order valence-corrected chi connectivity index (χ2v) is 6.68. The minimum atomic E-state index is 0.0985. The first kappa shape index (κ1) is 15.3. The number of aromatic nitrogens is 2. The second kappa shape index (κ2) is 6.73. The van der Waals surface area contributed by atoms with Crippen LogP contribution in [0.1, 0.15) is 53.4 Å². The van der Waals surface area contributed by atoms with Crippen molar-refractivity contribution in [3.05, 3.63) is 47.6 Å². The summed E-state index contributed by atoms with van der Waals surface area (Å²) in [6.45, 7) is 2.30. The van der Waals surface area contributed by atoms with Crippen LogP contribution in [-0.2, 0) is 6.54 Å². The molecule has 2 fully saturated rings. The number of nitrogens with zero attached hydrogens (tertiary/aromatic N) is 3. The predicted octanol–water partition coefficient (Wildman–Crippen LogP) is 2.34. The lowest BCUT2D eigenvalue weighted by Crippen LogP contribution is -2.44. The molecule has 6 heteroatoms. The molecule has 0 atom stereocenters. The number of hydrogen-bond acceptors (Lipinski definition) is 5. The van der Waals surface area contributed by atoms with E-state index in [0.29, 0.717) is 17.5 Å². The van der Waals surface area contributed by atoms with Crippen LogP contribution >= 0.6 is 0 Å². The van der Waals surface area contributed by atoms with Crippen LogP contribution < -0.4 is 5.32 Å². The molecule has 4 rings (SSSR count). The van der Waals surface area contributed by atoms with Crippen LogP contribution in [0, 0.1) is 0 Å². The number of hydrogen-bond donors (Lipinski definition) is 1. The Morgan fingerprint density at radius 2 is 1.96 bits per heavy atom. The van der Waals surface area contributed by atoms with Crippen molar-refractivity contribution in [2.45, 2.75) is 44.2 Å². The number of carbonyl (C=O) groups is 1. The van der Waals surface area contributed by atoms with Crippen LogP contribution in [0.2, 0.25) is 0 Å². The summed E-state index contributed by atoms with van der Waals surface area (Å²) in [7, 11) is 0.